The van der Waals surface area contributed by atoms with E-state index in [0.29, 0.717) is 16.0 Å². The lowest BCUT2D eigenvalue weighted by atomic mass is 10.4. The molecule has 0 fully saturated rings. The Balaban J connectivity index is 2.43. The van der Waals surface area contributed by atoms with Gasteiger partial charge in [-0.05, 0) is 33.6 Å². The third kappa shape index (κ3) is 2.45. The zero-order valence-electron chi connectivity index (χ0n) is 8.69. The highest BCUT2D eigenvalue weighted by Crippen LogP contribution is 2.18. The van der Waals surface area contributed by atoms with Crippen LogP contribution in [-0.4, -0.2) is 32.7 Å². The second-order valence-corrected chi connectivity index (χ2v) is 4.23. The van der Waals surface area contributed by atoms with Crippen molar-refractivity contribution in [3.05, 3.63) is 33.9 Å². The molecule has 0 atom stereocenters. The van der Waals surface area contributed by atoms with Gasteiger partial charge >= 0.3 is 0 Å². The minimum Gasteiger partial charge on any atom is -0.354 e. The Labute approximate surface area is 110 Å². The number of hydrogen-bond donors (Lipinski definition) is 1. The van der Waals surface area contributed by atoms with Crippen molar-refractivity contribution < 1.29 is 4.79 Å². The van der Waals surface area contributed by atoms with E-state index in [4.69, 9.17) is 11.6 Å². The predicted molar refractivity (Wildman–Crippen MR) is 65.3 cm³/mol. The lowest BCUT2D eigenvalue weighted by Crippen LogP contribution is -2.18. The molecule has 0 saturated heterocycles. The zero-order valence-corrected chi connectivity index (χ0v) is 11.0. The molecule has 17 heavy (non-hydrogen) atoms. The van der Waals surface area contributed by atoms with Crippen LogP contribution in [0.25, 0.3) is 5.82 Å². The summed E-state index contributed by atoms with van der Waals surface area (Å²) in [6, 6.07) is 1.58. The van der Waals surface area contributed by atoms with Crippen molar-refractivity contribution >= 4 is 33.4 Å². The zero-order chi connectivity index (χ0) is 12.4. The summed E-state index contributed by atoms with van der Waals surface area (Å²) in [5.74, 6) is 0.208. The molecule has 2 aromatic heterocycles. The molecule has 2 rings (SSSR count). The van der Waals surface area contributed by atoms with Crippen LogP contribution in [0.2, 0.25) is 5.28 Å². The van der Waals surface area contributed by atoms with Gasteiger partial charge in [0.05, 0.1) is 4.47 Å². The molecule has 0 radical (unpaired) electrons. The molecule has 0 aliphatic carbocycles. The van der Waals surface area contributed by atoms with Gasteiger partial charge in [0.25, 0.3) is 5.91 Å². The van der Waals surface area contributed by atoms with E-state index in [0.717, 1.165) is 0 Å². The summed E-state index contributed by atoms with van der Waals surface area (Å²) in [4.78, 5) is 19.2. The first-order chi connectivity index (χ1) is 8.11. The van der Waals surface area contributed by atoms with Gasteiger partial charge in [-0.3, -0.25) is 4.79 Å². The van der Waals surface area contributed by atoms with Gasteiger partial charge in [0, 0.05) is 19.4 Å². The second kappa shape index (κ2) is 4.80. The summed E-state index contributed by atoms with van der Waals surface area (Å²) >= 11 is 8.99. The van der Waals surface area contributed by atoms with Crippen molar-refractivity contribution in [3.8, 4) is 5.82 Å². The molecule has 2 heterocycles. The van der Waals surface area contributed by atoms with Gasteiger partial charge in [0.15, 0.2) is 11.5 Å². The Kier molecular flexibility index (Phi) is 3.39. The Morgan fingerprint density at radius 2 is 2.35 bits per heavy atom. The topological polar surface area (TPSA) is 72.7 Å². The molecule has 0 spiro atoms. The maximum atomic E-state index is 11.4. The molecule has 8 heteroatoms. The average molecular weight is 317 g/mol. The van der Waals surface area contributed by atoms with Crippen LogP contribution in [0.5, 0.6) is 0 Å². The first-order valence-corrected chi connectivity index (χ1v) is 5.75. The van der Waals surface area contributed by atoms with E-state index in [1.165, 1.54) is 10.9 Å². The van der Waals surface area contributed by atoms with Gasteiger partial charge in [0.1, 0.15) is 0 Å². The monoisotopic (exact) mass is 315 g/mol. The molecule has 0 aromatic carbocycles. The highest BCUT2D eigenvalue weighted by atomic mass is 79.9. The third-order valence-electron chi connectivity index (χ3n) is 1.96. The molecular formula is C9H7BrClN5O. The summed E-state index contributed by atoms with van der Waals surface area (Å²) < 4.78 is 2.08. The quantitative estimate of drug-likeness (QED) is 0.851. The molecule has 6 nitrogen and oxygen atoms in total. The molecule has 2 aromatic rings. The largest absolute Gasteiger partial charge is 0.354 e. The molecule has 0 aliphatic rings. The van der Waals surface area contributed by atoms with Crippen LogP contribution in [0.15, 0.2) is 22.9 Å². The summed E-state index contributed by atoms with van der Waals surface area (Å²) in [6.07, 6.45) is 3.14. The molecular weight excluding hydrogens is 309 g/mol. The summed E-state index contributed by atoms with van der Waals surface area (Å²) in [7, 11) is 1.54. The number of nitrogens with zero attached hydrogens (tertiary/aromatic N) is 4. The number of aromatic nitrogens is 4. The second-order valence-electron chi connectivity index (χ2n) is 3.04. The number of amides is 1. The van der Waals surface area contributed by atoms with E-state index >= 15 is 0 Å². The SMILES string of the molecule is CNC(=O)c1ccn(-c2nc(Cl)ncc2Br)n1. The van der Waals surface area contributed by atoms with Crippen LogP contribution in [0.3, 0.4) is 0 Å². The molecule has 88 valence electrons. The standard InChI is InChI=1S/C9H7BrClN5O/c1-12-8(17)6-2-3-16(15-6)7-5(10)4-13-9(11)14-7/h2-4H,1H3,(H,12,17). The normalized spacial score (nSPS) is 10.3. The molecule has 0 unspecified atom stereocenters. The van der Waals surface area contributed by atoms with Crippen molar-refractivity contribution in [3.63, 3.8) is 0 Å². The average Bonchev–Trinajstić information content (AvgIpc) is 2.80. The van der Waals surface area contributed by atoms with E-state index in [1.807, 2.05) is 0 Å². The molecule has 1 N–H and O–H groups in total. The first kappa shape index (κ1) is 12.0. The van der Waals surface area contributed by atoms with Crippen molar-refractivity contribution in [2.24, 2.45) is 0 Å². The van der Waals surface area contributed by atoms with Crippen molar-refractivity contribution in [1.82, 2.24) is 25.1 Å². The van der Waals surface area contributed by atoms with Gasteiger partial charge in [0.2, 0.25) is 5.28 Å². The van der Waals surface area contributed by atoms with Gasteiger partial charge in [-0.2, -0.15) is 10.1 Å². The lowest BCUT2D eigenvalue weighted by Gasteiger charge is -2.02. The van der Waals surface area contributed by atoms with E-state index in [-0.39, 0.29) is 11.2 Å². The summed E-state index contributed by atoms with van der Waals surface area (Å²) in [6.45, 7) is 0. The van der Waals surface area contributed by atoms with Crippen LogP contribution in [0.1, 0.15) is 10.5 Å². The van der Waals surface area contributed by atoms with Crippen LogP contribution >= 0.6 is 27.5 Å². The van der Waals surface area contributed by atoms with E-state index in [1.54, 1.807) is 19.3 Å². The number of carbonyl (C=O) groups excluding carboxylic acids is 1. The van der Waals surface area contributed by atoms with Gasteiger partial charge in [-0.25, -0.2) is 9.67 Å². The summed E-state index contributed by atoms with van der Waals surface area (Å²) in [5, 5.41) is 6.68. The van der Waals surface area contributed by atoms with Gasteiger partial charge in [-0.1, -0.05) is 0 Å². The van der Waals surface area contributed by atoms with E-state index in [2.05, 4.69) is 36.3 Å². The van der Waals surface area contributed by atoms with E-state index in [9.17, 15) is 4.79 Å². The minimum atomic E-state index is -0.264. The smallest absolute Gasteiger partial charge is 0.271 e. The fourth-order valence-corrected chi connectivity index (χ4v) is 1.69. The predicted octanol–water partition coefficient (Wildman–Crippen LogP) is 1.44. The Morgan fingerprint density at radius 3 is 3.06 bits per heavy atom. The molecule has 0 saturated carbocycles. The molecule has 0 aliphatic heterocycles. The Hall–Kier alpha value is -1.47. The fourth-order valence-electron chi connectivity index (χ4n) is 1.19. The van der Waals surface area contributed by atoms with Crippen LogP contribution < -0.4 is 5.32 Å². The van der Waals surface area contributed by atoms with Gasteiger partial charge < -0.3 is 5.32 Å². The maximum Gasteiger partial charge on any atom is 0.271 e. The van der Waals surface area contributed by atoms with Crippen molar-refractivity contribution in [2.45, 2.75) is 0 Å². The first-order valence-electron chi connectivity index (χ1n) is 4.58. The maximum absolute atomic E-state index is 11.4. The number of carbonyl (C=O) groups is 1. The van der Waals surface area contributed by atoms with Crippen molar-refractivity contribution in [2.75, 3.05) is 7.05 Å². The molecule has 1 amide bonds. The van der Waals surface area contributed by atoms with Crippen molar-refractivity contribution in [1.29, 1.82) is 0 Å². The Morgan fingerprint density at radius 1 is 1.59 bits per heavy atom. The van der Waals surface area contributed by atoms with Crippen LogP contribution in [-0.2, 0) is 0 Å². The fraction of sp³-hybridized carbons (Fsp3) is 0.111. The highest BCUT2D eigenvalue weighted by molar-refractivity contribution is 9.10. The number of nitrogens with one attached hydrogen (secondary N) is 1. The number of rotatable bonds is 2. The summed E-state index contributed by atoms with van der Waals surface area (Å²) in [5.41, 5.74) is 0.300. The van der Waals surface area contributed by atoms with Crippen LogP contribution in [0, 0.1) is 0 Å². The third-order valence-corrected chi connectivity index (χ3v) is 2.70. The highest BCUT2D eigenvalue weighted by Gasteiger charge is 2.11. The van der Waals surface area contributed by atoms with Gasteiger partial charge in [-0.15, -0.1) is 0 Å². The number of halogens is 2. The van der Waals surface area contributed by atoms with Crippen LogP contribution in [0.4, 0.5) is 0 Å². The molecule has 0 bridgehead atoms. The number of hydrogen-bond acceptors (Lipinski definition) is 4. The Bertz CT molecular complexity index is 570. The van der Waals surface area contributed by atoms with E-state index < -0.39 is 0 Å². The lowest BCUT2D eigenvalue weighted by molar-refractivity contribution is 0.0957. The minimum absolute atomic E-state index is 0.111.